The Morgan fingerprint density at radius 2 is 2.35 bits per heavy atom. The van der Waals surface area contributed by atoms with Gasteiger partial charge in [0.15, 0.2) is 0 Å². The monoisotopic (exact) mass is 238 g/mol. The minimum absolute atomic E-state index is 0.0484. The predicted octanol–water partition coefficient (Wildman–Crippen LogP) is 0.481. The first-order valence-corrected chi connectivity index (χ1v) is 5.42. The molecule has 0 saturated carbocycles. The van der Waals surface area contributed by atoms with Crippen molar-refractivity contribution >= 4 is 11.6 Å². The summed E-state index contributed by atoms with van der Waals surface area (Å²) in [6.07, 6.45) is -0.0490. The minimum Gasteiger partial charge on any atom is -0.392 e. The van der Waals surface area contributed by atoms with Crippen LogP contribution >= 0.6 is 0 Å². The largest absolute Gasteiger partial charge is 0.392 e. The van der Waals surface area contributed by atoms with Crippen LogP contribution in [0.1, 0.15) is 12.0 Å². The van der Waals surface area contributed by atoms with E-state index in [1.165, 1.54) is 7.11 Å². The second-order valence-electron chi connectivity index (χ2n) is 3.70. The van der Waals surface area contributed by atoms with Gasteiger partial charge >= 0.3 is 0 Å². The number of benzene rings is 1. The van der Waals surface area contributed by atoms with Gasteiger partial charge in [-0.1, -0.05) is 12.1 Å². The molecule has 1 unspecified atom stereocenters. The molecule has 0 aliphatic heterocycles. The first-order valence-electron chi connectivity index (χ1n) is 5.42. The average Bonchev–Trinajstić information content (AvgIpc) is 2.36. The molecule has 0 radical (unpaired) electrons. The van der Waals surface area contributed by atoms with Crippen LogP contribution in [0.15, 0.2) is 24.3 Å². The summed E-state index contributed by atoms with van der Waals surface area (Å²) >= 11 is 0. The maximum Gasteiger partial charge on any atom is 0.227 e. The van der Waals surface area contributed by atoms with Crippen molar-refractivity contribution in [2.45, 2.75) is 19.1 Å². The van der Waals surface area contributed by atoms with Gasteiger partial charge in [0.2, 0.25) is 5.91 Å². The van der Waals surface area contributed by atoms with E-state index in [1.807, 2.05) is 0 Å². The lowest BCUT2D eigenvalue weighted by molar-refractivity contribution is -0.118. The molecular formula is C12H18N2O3. The first-order chi connectivity index (χ1) is 8.19. The number of aliphatic hydroxyl groups is 1. The molecule has 1 aromatic carbocycles. The normalized spacial score (nSPS) is 12.2. The van der Waals surface area contributed by atoms with Gasteiger partial charge in [-0.25, -0.2) is 0 Å². The molecule has 0 spiro atoms. The van der Waals surface area contributed by atoms with E-state index >= 15 is 0 Å². The van der Waals surface area contributed by atoms with E-state index in [1.54, 1.807) is 24.3 Å². The highest BCUT2D eigenvalue weighted by molar-refractivity contribution is 5.91. The maximum absolute atomic E-state index is 11.6. The molecule has 0 heterocycles. The molecule has 0 bridgehead atoms. The molecule has 0 aliphatic rings. The van der Waals surface area contributed by atoms with Gasteiger partial charge in [-0.05, 0) is 17.7 Å². The SMILES string of the molecule is COC(CN)CC(=O)Nc1cccc(CO)c1. The molecule has 0 fully saturated rings. The number of hydrogen-bond donors (Lipinski definition) is 3. The number of amides is 1. The quantitative estimate of drug-likeness (QED) is 0.673. The van der Waals surface area contributed by atoms with Gasteiger partial charge < -0.3 is 20.9 Å². The zero-order valence-corrected chi connectivity index (χ0v) is 9.85. The Balaban J connectivity index is 2.55. The van der Waals surface area contributed by atoms with Gasteiger partial charge in [-0.3, -0.25) is 4.79 Å². The summed E-state index contributed by atoms with van der Waals surface area (Å²) in [5, 5.41) is 11.7. The lowest BCUT2D eigenvalue weighted by Gasteiger charge is -2.12. The zero-order valence-electron chi connectivity index (χ0n) is 9.85. The van der Waals surface area contributed by atoms with E-state index in [0.29, 0.717) is 12.2 Å². The van der Waals surface area contributed by atoms with E-state index in [9.17, 15) is 4.79 Å². The van der Waals surface area contributed by atoms with E-state index in [2.05, 4.69) is 5.32 Å². The Hall–Kier alpha value is -1.43. The van der Waals surface area contributed by atoms with E-state index in [-0.39, 0.29) is 25.0 Å². The van der Waals surface area contributed by atoms with Crippen LogP contribution in [-0.2, 0) is 16.1 Å². The van der Waals surface area contributed by atoms with Crippen LogP contribution in [0.4, 0.5) is 5.69 Å². The van der Waals surface area contributed by atoms with Gasteiger partial charge in [0.1, 0.15) is 0 Å². The molecule has 5 nitrogen and oxygen atoms in total. The number of nitrogens with two attached hydrogens (primary N) is 1. The fraction of sp³-hybridized carbons (Fsp3) is 0.417. The number of anilines is 1. The van der Waals surface area contributed by atoms with Gasteiger partial charge in [0, 0.05) is 19.3 Å². The van der Waals surface area contributed by atoms with Crippen molar-refractivity contribution in [1.29, 1.82) is 0 Å². The van der Waals surface area contributed by atoms with Crippen LogP contribution in [-0.4, -0.2) is 30.8 Å². The second-order valence-corrected chi connectivity index (χ2v) is 3.70. The molecule has 0 aromatic heterocycles. The molecule has 0 aliphatic carbocycles. The van der Waals surface area contributed by atoms with Crippen molar-refractivity contribution in [3.8, 4) is 0 Å². The van der Waals surface area contributed by atoms with Crippen molar-refractivity contribution in [3.05, 3.63) is 29.8 Å². The summed E-state index contributed by atoms with van der Waals surface area (Å²) in [6, 6.07) is 7.05. The Morgan fingerprint density at radius 3 is 2.94 bits per heavy atom. The molecule has 1 aromatic rings. The Kier molecular flexibility index (Phi) is 5.62. The number of rotatable bonds is 6. The first kappa shape index (κ1) is 13.6. The zero-order chi connectivity index (χ0) is 12.7. The summed E-state index contributed by atoms with van der Waals surface area (Å²) in [5.41, 5.74) is 6.85. The summed E-state index contributed by atoms with van der Waals surface area (Å²) in [6.45, 7) is 0.258. The third kappa shape index (κ3) is 4.52. The predicted molar refractivity (Wildman–Crippen MR) is 65.5 cm³/mol. The summed E-state index contributed by atoms with van der Waals surface area (Å²) in [5.74, 6) is -0.155. The standard InChI is InChI=1S/C12H18N2O3/c1-17-11(7-13)6-12(16)14-10-4-2-3-9(5-10)8-15/h2-5,11,15H,6-8,13H2,1H3,(H,14,16). The fourth-order valence-electron chi connectivity index (χ4n) is 1.43. The van der Waals surface area contributed by atoms with Gasteiger partial charge in [0.05, 0.1) is 19.1 Å². The third-order valence-electron chi connectivity index (χ3n) is 2.40. The summed E-state index contributed by atoms with van der Waals surface area (Å²) < 4.78 is 5.03. The molecule has 0 saturated heterocycles. The number of methoxy groups -OCH3 is 1. The number of hydrogen-bond acceptors (Lipinski definition) is 4. The molecule has 1 rings (SSSR count). The molecule has 1 amide bonds. The van der Waals surface area contributed by atoms with Crippen molar-refractivity contribution < 1.29 is 14.6 Å². The van der Waals surface area contributed by atoms with Crippen LogP contribution in [0, 0.1) is 0 Å². The Bertz CT molecular complexity index is 365. The number of aliphatic hydroxyl groups excluding tert-OH is 1. The van der Waals surface area contributed by atoms with Crippen LogP contribution in [0.3, 0.4) is 0 Å². The number of nitrogens with one attached hydrogen (secondary N) is 1. The highest BCUT2D eigenvalue weighted by atomic mass is 16.5. The van der Waals surface area contributed by atoms with Crippen molar-refractivity contribution in [1.82, 2.24) is 0 Å². The van der Waals surface area contributed by atoms with Crippen LogP contribution in [0.5, 0.6) is 0 Å². The second kappa shape index (κ2) is 7.01. The highest BCUT2D eigenvalue weighted by Crippen LogP contribution is 2.11. The van der Waals surface area contributed by atoms with Gasteiger partial charge in [-0.15, -0.1) is 0 Å². The highest BCUT2D eigenvalue weighted by Gasteiger charge is 2.11. The number of carbonyl (C=O) groups is 1. The molecule has 94 valence electrons. The van der Waals surface area contributed by atoms with Gasteiger partial charge in [-0.2, -0.15) is 0 Å². The summed E-state index contributed by atoms with van der Waals surface area (Å²) in [4.78, 5) is 11.6. The van der Waals surface area contributed by atoms with Crippen molar-refractivity contribution in [3.63, 3.8) is 0 Å². The van der Waals surface area contributed by atoms with Crippen LogP contribution in [0.25, 0.3) is 0 Å². The molecule has 5 heteroatoms. The Morgan fingerprint density at radius 1 is 1.59 bits per heavy atom. The smallest absolute Gasteiger partial charge is 0.227 e. The van der Waals surface area contributed by atoms with Crippen molar-refractivity contribution in [2.24, 2.45) is 5.73 Å². The molecular weight excluding hydrogens is 220 g/mol. The topological polar surface area (TPSA) is 84.6 Å². The number of ether oxygens (including phenoxy) is 1. The van der Waals surface area contributed by atoms with Crippen molar-refractivity contribution in [2.75, 3.05) is 19.0 Å². The number of carbonyl (C=O) groups excluding carboxylic acids is 1. The lowest BCUT2D eigenvalue weighted by atomic mass is 10.2. The van der Waals surface area contributed by atoms with E-state index in [0.717, 1.165) is 5.56 Å². The minimum atomic E-state index is -0.268. The van der Waals surface area contributed by atoms with Crippen LogP contribution in [0.2, 0.25) is 0 Å². The third-order valence-corrected chi connectivity index (χ3v) is 2.40. The maximum atomic E-state index is 11.6. The van der Waals surface area contributed by atoms with Gasteiger partial charge in [0.25, 0.3) is 0 Å². The molecule has 1 atom stereocenters. The molecule has 4 N–H and O–H groups in total. The summed E-state index contributed by atoms with van der Waals surface area (Å²) in [7, 11) is 1.52. The molecule has 17 heavy (non-hydrogen) atoms. The van der Waals surface area contributed by atoms with Crippen LogP contribution < -0.4 is 11.1 Å². The van der Waals surface area contributed by atoms with E-state index in [4.69, 9.17) is 15.6 Å². The average molecular weight is 238 g/mol. The lowest BCUT2D eigenvalue weighted by Crippen LogP contribution is -2.28. The Labute approximate surface area is 101 Å². The fourth-order valence-corrected chi connectivity index (χ4v) is 1.43. The van der Waals surface area contributed by atoms with E-state index < -0.39 is 0 Å².